The Morgan fingerprint density at radius 1 is 1.27 bits per heavy atom. The first kappa shape index (κ1) is 11.3. The number of aliphatic hydroxyl groups excluding tert-OH is 1. The summed E-state index contributed by atoms with van der Waals surface area (Å²) in [5.74, 6) is 0. The standard InChI is InChI=1S/C11H21NO3/c13-10(9-12-6-2-3-7-12)15-11-5-1-4-8-14-11/h10-11,13H,1-9H2. The topological polar surface area (TPSA) is 41.9 Å². The summed E-state index contributed by atoms with van der Waals surface area (Å²) in [6, 6.07) is 0. The predicted molar refractivity (Wildman–Crippen MR) is 56.4 cm³/mol. The van der Waals surface area contributed by atoms with Crippen LogP contribution >= 0.6 is 0 Å². The fourth-order valence-electron chi connectivity index (χ4n) is 2.22. The van der Waals surface area contributed by atoms with Crippen LogP contribution in [-0.4, -0.2) is 48.8 Å². The number of nitrogens with zero attached hydrogens (tertiary/aromatic N) is 1. The molecule has 88 valence electrons. The van der Waals surface area contributed by atoms with E-state index in [9.17, 15) is 5.11 Å². The second kappa shape index (κ2) is 5.80. The van der Waals surface area contributed by atoms with Crippen LogP contribution in [0.25, 0.3) is 0 Å². The molecule has 2 heterocycles. The van der Waals surface area contributed by atoms with E-state index < -0.39 is 6.29 Å². The van der Waals surface area contributed by atoms with Gasteiger partial charge in [0, 0.05) is 13.2 Å². The average Bonchev–Trinajstić information content (AvgIpc) is 2.71. The minimum absolute atomic E-state index is 0.184. The maximum atomic E-state index is 9.72. The van der Waals surface area contributed by atoms with Crippen molar-refractivity contribution in [1.82, 2.24) is 4.90 Å². The van der Waals surface area contributed by atoms with E-state index in [-0.39, 0.29) is 6.29 Å². The maximum Gasteiger partial charge on any atom is 0.170 e. The van der Waals surface area contributed by atoms with E-state index in [0.29, 0.717) is 6.54 Å². The molecule has 0 aromatic carbocycles. The molecule has 0 amide bonds. The Balaban J connectivity index is 1.64. The molecule has 2 rings (SSSR count). The van der Waals surface area contributed by atoms with Gasteiger partial charge in [-0.1, -0.05) is 0 Å². The van der Waals surface area contributed by atoms with Gasteiger partial charge >= 0.3 is 0 Å². The molecule has 2 aliphatic rings. The largest absolute Gasteiger partial charge is 0.367 e. The van der Waals surface area contributed by atoms with E-state index in [1.807, 2.05) is 0 Å². The van der Waals surface area contributed by atoms with E-state index in [1.54, 1.807) is 0 Å². The highest BCUT2D eigenvalue weighted by atomic mass is 16.7. The minimum Gasteiger partial charge on any atom is -0.367 e. The number of rotatable bonds is 4. The summed E-state index contributed by atoms with van der Waals surface area (Å²) < 4.78 is 10.9. The molecule has 0 bridgehead atoms. The van der Waals surface area contributed by atoms with E-state index in [0.717, 1.165) is 39.0 Å². The second-order valence-corrected chi connectivity index (χ2v) is 4.39. The normalized spacial score (nSPS) is 30.6. The van der Waals surface area contributed by atoms with E-state index >= 15 is 0 Å². The van der Waals surface area contributed by atoms with Crippen molar-refractivity contribution in [1.29, 1.82) is 0 Å². The van der Waals surface area contributed by atoms with E-state index in [2.05, 4.69) is 4.90 Å². The summed E-state index contributed by atoms with van der Waals surface area (Å²) in [7, 11) is 0. The molecule has 0 aromatic rings. The molecule has 0 saturated carbocycles. The van der Waals surface area contributed by atoms with Crippen LogP contribution in [0.4, 0.5) is 0 Å². The predicted octanol–water partition coefficient (Wildman–Crippen LogP) is 0.944. The summed E-state index contributed by atoms with van der Waals surface area (Å²) in [4.78, 5) is 2.24. The van der Waals surface area contributed by atoms with Gasteiger partial charge < -0.3 is 14.6 Å². The number of aliphatic hydroxyl groups is 1. The molecule has 2 unspecified atom stereocenters. The van der Waals surface area contributed by atoms with Crippen LogP contribution in [0.3, 0.4) is 0 Å². The number of β-amino-alcohol motifs (C(OH)–C–C–N with tert-alkyl or cyclic N) is 1. The Hall–Kier alpha value is -0.160. The Bertz CT molecular complexity index is 177. The molecule has 0 spiro atoms. The molecule has 0 aromatic heterocycles. The fraction of sp³-hybridized carbons (Fsp3) is 1.00. The number of hydrogen-bond acceptors (Lipinski definition) is 4. The zero-order valence-corrected chi connectivity index (χ0v) is 9.23. The molecule has 4 heteroatoms. The van der Waals surface area contributed by atoms with Crippen molar-refractivity contribution in [3.05, 3.63) is 0 Å². The lowest BCUT2D eigenvalue weighted by molar-refractivity contribution is -0.243. The zero-order valence-electron chi connectivity index (χ0n) is 9.23. The molecule has 2 saturated heterocycles. The van der Waals surface area contributed by atoms with Crippen molar-refractivity contribution < 1.29 is 14.6 Å². The molecule has 1 N–H and O–H groups in total. The highest BCUT2D eigenvalue weighted by Crippen LogP contribution is 2.16. The SMILES string of the molecule is OC(CN1CCCC1)OC1CCCCO1. The molecule has 4 nitrogen and oxygen atoms in total. The van der Waals surface area contributed by atoms with Gasteiger partial charge in [-0.05, 0) is 45.2 Å². The third-order valence-corrected chi connectivity index (χ3v) is 3.06. The summed E-state index contributed by atoms with van der Waals surface area (Å²) in [6.45, 7) is 3.57. The summed E-state index contributed by atoms with van der Waals surface area (Å²) in [6.07, 6.45) is 4.78. The number of hydrogen-bond donors (Lipinski definition) is 1. The van der Waals surface area contributed by atoms with Crippen molar-refractivity contribution >= 4 is 0 Å². The maximum absolute atomic E-state index is 9.72. The highest BCUT2D eigenvalue weighted by molar-refractivity contribution is 4.67. The quantitative estimate of drug-likeness (QED) is 0.709. The fourth-order valence-corrected chi connectivity index (χ4v) is 2.22. The first-order valence-electron chi connectivity index (χ1n) is 6.02. The van der Waals surface area contributed by atoms with Crippen LogP contribution in [0.15, 0.2) is 0 Å². The first-order valence-corrected chi connectivity index (χ1v) is 6.02. The molecule has 0 aliphatic carbocycles. The smallest absolute Gasteiger partial charge is 0.170 e. The van der Waals surface area contributed by atoms with Gasteiger partial charge in [-0.15, -0.1) is 0 Å². The Labute approximate surface area is 91.2 Å². The van der Waals surface area contributed by atoms with Crippen LogP contribution in [0.5, 0.6) is 0 Å². The molecule has 0 radical (unpaired) electrons. The van der Waals surface area contributed by atoms with Crippen molar-refractivity contribution in [2.45, 2.75) is 44.7 Å². The van der Waals surface area contributed by atoms with E-state index in [4.69, 9.17) is 9.47 Å². The van der Waals surface area contributed by atoms with Gasteiger partial charge in [0.2, 0.25) is 0 Å². The van der Waals surface area contributed by atoms with Crippen molar-refractivity contribution in [3.63, 3.8) is 0 Å². The van der Waals surface area contributed by atoms with E-state index in [1.165, 1.54) is 12.8 Å². The van der Waals surface area contributed by atoms with Crippen molar-refractivity contribution in [2.24, 2.45) is 0 Å². The lowest BCUT2D eigenvalue weighted by Gasteiger charge is -2.27. The first-order chi connectivity index (χ1) is 7.34. The molecule has 2 fully saturated rings. The number of ether oxygens (including phenoxy) is 2. The molecular weight excluding hydrogens is 194 g/mol. The van der Waals surface area contributed by atoms with Crippen LogP contribution in [0.2, 0.25) is 0 Å². The van der Waals surface area contributed by atoms with Gasteiger partial charge in [0.1, 0.15) is 0 Å². The third kappa shape index (κ3) is 3.72. The molecular formula is C11H21NO3. The molecule has 15 heavy (non-hydrogen) atoms. The lowest BCUT2D eigenvalue weighted by atomic mass is 10.2. The Morgan fingerprint density at radius 2 is 2.07 bits per heavy atom. The second-order valence-electron chi connectivity index (χ2n) is 4.39. The highest BCUT2D eigenvalue weighted by Gasteiger charge is 2.21. The van der Waals surface area contributed by atoms with Gasteiger partial charge in [-0.2, -0.15) is 0 Å². The van der Waals surface area contributed by atoms with Gasteiger partial charge in [0.25, 0.3) is 0 Å². The summed E-state index contributed by atoms with van der Waals surface area (Å²) >= 11 is 0. The van der Waals surface area contributed by atoms with Gasteiger partial charge in [0.15, 0.2) is 12.6 Å². The zero-order chi connectivity index (χ0) is 10.5. The third-order valence-electron chi connectivity index (χ3n) is 3.06. The summed E-state index contributed by atoms with van der Waals surface area (Å²) in [5, 5.41) is 9.72. The van der Waals surface area contributed by atoms with Crippen LogP contribution in [0.1, 0.15) is 32.1 Å². The van der Waals surface area contributed by atoms with Crippen LogP contribution < -0.4 is 0 Å². The molecule has 2 atom stereocenters. The monoisotopic (exact) mass is 215 g/mol. The number of likely N-dealkylation sites (tertiary alicyclic amines) is 1. The van der Waals surface area contributed by atoms with Crippen molar-refractivity contribution in [2.75, 3.05) is 26.2 Å². The van der Waals surface area contributed by atoms with Crippen LogP contribution in [-0.2, 0) is 9.47 Å². The van der Waals surface area contributed by atoms with Gasteiger partial charge in [0.05, 0.1) is 0 Å². The van der Waals surface area contributed by atoms with Gasteiger partial charge in [-0.25, -0.2) is 0 Å². The van der Waals surface area contributed by atoms with Gasteiger partial charge in [-0.3, -0.25) is 4.90 Å². The minimum atomic E-state index is -0.689. The Kier molecular flexibility index (Phi) is 4.38. The van der Waals surface area contributed by atoms with Crippen LogP contribution in [0, 0.1) is 0 Å². The lowest BCUT2D eigenvalue weighted by Crippen LogP contribution is -2.36. The molecule has 2 aliphatic heterocycles. The average molecular weight is 215 g/mol. The summed E-state index contributed by atoms with van der Waals surface area (Å²) in [5.41, 5.74) is 0. The van der Waals surface area contributed by atoms with Crippen molar-refractivity contribution in [3.8, 4) is 0 Å². The Morgan fingerprint density at radius 3 is 2.73 bits per heavy atom.